The van der Waals surface area contributed by atoms with Crippen LogP contribution in [0, 0.1) is 0 Å². The highest BCUT2D eigenvalue weighted by Gasteiger charge is 2.13. The standard InChI is InChI=1S/C13H18O2S/c1-3-11(2)16(15)10-13(14)9-12-7-5-4-6-8-12/h4-8,11H,3,9-10H2,1-2H3. The Morgan fingerprint density at radius 2 is 1.94 bits per heavy atom. The number of Topliss-reactive ketones (excluding diaryl/α,β-unsaturated/α-hetero) is 1. The van der Waals surface area contributed by atoms with E-state index >= 15 is 0 Å². The first-order valence-corrected chi connectivity index (χ1v) is 6.94. The normalized spacial score (nSPS) is 14.4. The highest BCUT2D eigenvalue weighted by Crippen LogP contribution is 2.04. The van der Waals surface area contributed by atoms with Gasteiger partial charge in [0.1, 0.15) is 5.78 Å². The molecule has 1 aromatic rings. The molecule has 3 heteroatoms. The average molecular weight is 238 g/mol. The van der Waals surface area contributed by atoms with Crippen LogP contribution in [0.2, 0.25) is 0 Å². The van der Waals surface area contributed by atoms with Gasteiger partial charge in [-0.1, -0.05) is 44.2 Å². The van der Waals surface area contributed by atoms with Gasteiger partial charge in [-0.25, -0.2) is 0 Å². The number of carbonyl (C=O) groups is 1. The first-order valence-electron chi connectivity index (χ1n) is 5.56. The molecule has 1 rings (SSSR count). The molecule has 16 heavy (non-hydrogen) atoms. The van der Waals surface area contributed by atoms with Crippen molar-refractivity contribution in [3.05, 3.63) is 35.9 Å². The van der Waals surface area contributed by atoms with Crippen LogP contribution in [-0.2, 0) is 22.0 Å². The monoisotopic (exact) mass is 238 g/mol. The third-order valence-corrected chi connectivity index (χ3v) is 4.41. The van der Waals surface area contributed by atoms with E-state index in [2.05, 4.69) is 0 Å². The molecular formula is C13H18O2S. The Morgan fingerprint density at radius 1 is 1.31 bits per heavy atom. The Morgan fingerprint density at radius 3 is 2.50 bits per heavy atom. The summed E-state index contributed by atoms with van der Waals surface area (Å²) >= 11 is 0. The van der Waals surface area contributed by atoms with Crippen LogP contribution >= 0.6 is 0 Å². The lowest BCUT2D eigenvalue weighted by Gasteiger charge is -2.07. The molecule has 1 aromatic carbocycles. The van der Waals surface area contributed by atoms with Gasteiger partial charge in [-0.2, -0.15) is 0 Å². The summed E-state index contributed by atoms with van der Waals surface area (Å²) < 4.78 is 11.7. The van der Waals surface area contributed by atoms with Crippen molar-refractivity contribution in [3.8, 4) is 0 Å². The van der Waals surface area contributed by atoms with Gasteiger partial charge in [0, 0.05) is 22.5 Å². The van der Waals surface area contributed by atoms with Crippen molar-refractivity contribution in [2.45, 2.75) is 31.9 Å². The third kappa shape index (κ3) is 4.27. The quantitative estimate of drug-likeness (QED) is 0.762. The summed E-state index contributed by atoms with van der Waals surface area (Å²) in [4.78, 5) is 11.7. The van der Waals surface area contributed by atoms with Crippen LogP contribution in [-0.4, -0.2) is 21.0 Å². The molecule has 0 bridgehead atoms. The molecule has 2 nitrogen and oxygen atoms in total. The SMILES string of the molecule is CCC(C)S(=O)CC(=O)Cc1ccccc1. The van der Waals surface area contributed by atoms with E-state index < -0.39 is 10.8 Å². The highest BCUT2D eigenvalue weighted by atomic mass is 32.2. The van der Waals surface area contributed by atoms with Gasteiger partial charge in [-0.05, 0) is 12.0 Å². The first kappa shape index (κ1) is 13.1. The number of benzene rings is 1. The summed E-state index contributed by atoms with van der Waals surface area (Å²) in [6.07, 6.45) is 1.24. The average Bonchev–Trinajstić information content (AvgIpc) is 2.29. The molecule has 0 radical (unpaired) electrons. The minimum atomic E-state index is -1.02. The summed E-state index contributed by atoms with van der Waals surface area (Å²) in [6, 6.07) is 9.59. The van der Waals surface area contributed by atoms with Gasteiger partial charge in [0.15, 0.2) is 0 Å². The molecule has 0 heterocycles. The Hall–Kier alpha value is -0.960. The Labute approximate surface area is 99.5 Å². The molecular weight excluding hydrogens is 220 g/mol. The minimum absolute atomic E-state index is 0.0600. The van der Waals surface area contributed by atoms with Crippen LogP contribution < -0.4 is 0 Å². The predicted molar refractivity (Wildman–Crippen MR) is 67.9 cm³/mol. The smallest absolute Gasteiger partial charge is 0.149 e. The van der Waals surface area contributed by atoms with E-state index in [0.29, 0.717) is 6.42 Å². The lowest BCUT2D eigenvalue weighted by atomic mass is 10.1. The fourth-order valence-corrected chi connectivity index (χ4v) is 2.44. The second kappa shape index (κ2) is 6.59. The van der Waals surface area contributed by atoms with Crippen LogP contribution in [0.3, 0.4) is 0 Å². The van der Waals surface area contributed by atoms with Gasteiger partial charge in [0.25, 0.3) is 0 Å². The maximum atomic E-state index is 11.7. The van der Waals surface area contributed by atoms with Crippen molar-refractivity contribution >= 4 is 16.6 Å². The van der Waals surface area contributed by atoms with Crippen molar-refractivity contribution in [3.63, 3.8) is 0 Å². The molecule has 0 saturated carbocycles. The second-order valence-corrected chi connectivity index (χ2v) is 5.80. The molecule has 0 aliphatic carbocycles. The molecule has 0 amide bonds. The fraction of sp³-hybridized carbons (Fsp3) is 0.462. The van der Waals surface area contributed by atoms with Crippen LogP contribution in [0.1, 0.15) is 25.8 Å². The topological polar surface area (TPSA) is 34.1 Å². The van der Waals surface area contributed by atoms with E-state index in [1.54, 1.807) is 0 Å². The second-order valence-electron chi connectivity index (χ2n) is 3.94. The third-order valence-electron chi connectivity index (χ3n) is 2.57. The van der Waals surface area contributed by atoms with Gasteiger partial charge in [0.2, 0.25) is 0 Å². The fourth-order valence-electron chi connectivity index (χ4n) is 1.36. The zero-order valence-electron chi connectivity index (χ0n) is 9.81. The Balaban J connectivity index is 2.46. The zero-order valence-corrected chi connectivity index (χ0v) is 10.6. The van der Waals surface area contributed by atoms with E-state index in [4.69, 9.17) is 0 Å². The maximum absolute atomic E-state index is 11.7. The molecule has 0 aliphatic rings. The molecule has 0 aromatic heterocycles. The van der Waals surface area contributed by atoms with Gasteiger partial charge in [-0.3, -0.25) is 9.00 Å². The molecule has 0 spiro atoms. The maximum Gasteiger partial charge on any atom is 0.149 e. The summed E-state index contributed by atoms with van der Waals surface area (Å²) in [5.41, 5.74) is 0.994. The first-order chi connectivity index (χ1) is 7.63. The molecule has 0 aliphatic heterocycles. The van der Waals surface area contributed by atoms with Gasteiger partial charge >= 0.3 is 0 Å². The van der Waals surface area contributed by atoms with E-state index in [1.807, 2.05) is 44.2 Å². The van der Waals surface area contributed by atoms with Crippen LogP contribution in [0.5, 0.6) is 0 Å². The Kier molecular flexibility index (Phi) is 5.39. The largest absolute Gasteiger partial charge is 0.298 e. The predicted octanol–water partition coefficient (Wildman–Crippen LogP) is 2.35. The molecule has 2 unspecified atom stereocenters. The van der Waals surface area contributed by atoms with Gasteiger partial charge in [0.05, 0.1) is 5.75 Å². The number of rotatable bonds is 6. The molecule has 88 valence electrons. The van der Waals surface area contributed by atoms with Crippen molar-refractivity contribution < 1.29 is 9.00 Å². The van der Waals surface area contributed by atoms with E-state index in [-0.39, 0.29) is 16.8 Å². The van der Waals surface area contributed by atoms with Crippen LogP contribution in [0.15, 0.2) is 30.3 Å². The molecule has 0 saturated heterocycles. The van der Waals surface area contributed by atoms with E-state index in [0.717, 1.165) is 12.0 Å². The lowest BCUT2D eigenvalue weighted by molar-refractivity contribution is -0.116. The lowest BCUT2D eigenvalue weighted by Crippen LogP contribution is -2.20. The number of ketones is 1. The van der Waals surface area contributed by atoms with Crippen molar-refractivity contribution in [1.82, 2.24) is 0 Å². The number of hydrogen-bond donors (Lipinski definition) is 0. The van der Waals surface area contributed by atoms with Crippen molar-refractivity contribution in [1.29, 1.82) is 0 Å². The Bertz CT molecular complexity index is 359. The van der Waals surface area contributed by atoms with Crippen molar-refractivity contribution in [2.75, 3.05) is 5.75 Å². The van der Waals surface area contributed by atoms with Crippen LogP contribution in [0.25, 0.3) is 0 Å². The van der Waals surface area contributed by atoms with Gasteiger partial charge in [-0.15, -0.1) is 0 Å². The van der Waals surface area contributed by atoms with Gasteiger partial charge < -0.3 is 0 Å². The number of hydrogen-bond acceptors (Lipinski definition) is 2. The summed E-state index contributed by atoms with van der Waals surface area (Å²) in [6.45, 7) is 3.91. The minimum Gasteiger partial charge on any atom is -0.298 e. The zero-order chi connectivity index (χ0) is 12.0. The summed E-state index contributed by atoms with van der Waals surface area (Å²) in [7, 11) is -1.02. The molecule has 0 N–H and O–H groups in total. The summed E-state index contributed by atoms with van der Waals surface area (Å²) in [5.74, 6) is 0.244. The number of carbonyl (C=O) groups excluding carboxylic acids is 1. The van der Waals surface area contributed by atoms with Crippen molar-refractivity contribution in [2.24, 2.45) is 0 Å². The molecule has 0 fully saturated rings. The molecule has 2 atom stereocenters. The van der Waals surface area contributed by atoms with E-state index in [1.165, 1.54) is 0 Å². The summed E-state index contributed by atoms with van der Waals surface area (Å²) in [5, 5.41) is 0.111. The van der Waals surface area contributed by atoms with Crippen LogP contribution in [0.4, 0.5) is 0 Å². The van der Waals surface area contributed by atoms with E-state index in [9.17, 15) is 9.00 Å². The highest BCUT2D eigenvalue weighted by molar-refractivity contribution is 7.86.